The van der Waals surface area contributed by atoms with Gasteiger partial charge in [-0.1, -0.05) is 43.2 Å². The Bertz CT molecular complexity index is 889. The highest BCUT2D eigenvalue weighted by molar-refractivity contribution is 7.99. The molecule has 164 valence electrons. The number of carbonyl (C=O) groups excluding carboxylic acids is 1. The van der Waals surface area contributed by atoms with Crippen LogP contribution < -0.4 is 5.56 Å². The van der Waals surface area contributed by atoms with Crippen LogP contribution >= 0.6 is 11.8 Å². The molecule has 1 aliphatic rings. The normalized spacial score (nSPS) is 15.4. The monoisotopic (exact) mass is 431 g/mol. The first-order chi connectivity index (χ1) is 14.6. The third-order valence-corrected chi connectivity index (χ3v) is 6.30. The number of fused-ring (bicyclic) bond motifs is 1. The van der Waals surface area contributed by atoms with Gasteiger partial charge in [-0.15, -0.1) is 0 Å². The summed E-state index contributed by atoms with van der Waals surface area (Å²) in [6.45, 7) is 6.80. The fourth-order valence-corrected chi connectivity index (χ4v) is 4.64. The van der Waals surface area contributed by atoms with E-state index < -0.39 is 0 Å². The number of thioether (sulfide) groups is 1. The number of rotatable bonds is 8. The van der Waals surface area contributed by atoms with Crippen LogP contribution in [0.25, 0.3) is 10.9 Å². The number of likely N-dealkylation sites (tertiary alicyclic amines) is 1. The van der Waals surface area contributed by atoms with Gasteiger partial charge in [0.15, 0.2) is 5.16 Å². The summed E-state index contributed by atoms with van der Waals surface area (Å²) in [6.07, 6.45) is 6.70. The zero-order valence-electron chi connectivity index (χ0n) is 18.1. The van der Waals surface area contributed by atoms with E-state index in [1.165, 1.54) is 31.0 Å². The first kappa shape index (κ1) is 22.8. The molecule has 2 aromatic rings. The Labute approximate surface area is 183 Å². The summed E-state index contributed by atoms with van der Waals surface area (Å²) in [5.74, 6) is 0.451. The molecule has 0 unspecified atom stereocenters. The number of amides is 1. The lowest BCUT2D eigenvalue weighted by Gasteiger charge is -2.24. The molecule has 1 aromatic heterocycles. The molecular formula is C23H33N3O3S. The predicted octanol–water partition coefficient (Wildman–Crippen LogP) is 4.10. The largest absolute Gasteiger partial charge is 0.379 e. The van der Waals surface area contributed by atoms with Crippen molar-refractivity contribution in [3.63, 3.8) is 0 Å². The van der Waals surface area contributed by atoms with Gasteiger partial charge >= 0.3 is 0 Å². The first-order valence-corrected chi connectivity index (χ1v) is 12.1. The van der Waals surface area contributed by atoms with E-state index in [2.05, 4.69) is 0 Å². The van der Waals surface area contributed by atoms with Gasteiger partial charge in [-0.2, -0.15) is 0 Å². The Morgan fingerprint density at radius 3 is 2.57 bits per heavy atom. The number of nitrogens with zero attached hydrogens (tertiary/aromatic N) is 3. The Hall–Kier alpha value is -1.86. The molecule has 1 amide bonds. The second-order valence-corrected chi connectivity index (χ2v) is 9.02. The zero-order valence-corrected chi connectivity index (χ0v) is 19.0. The van der Waals surface area contributed by atoms with Gasteiger partial charge < -0.3 is 9.64 Å². The van der Waals surface area contributed by atoms with Gasteiger partial charge in [-0.3, -0.25) is 14.2 Å². The van der Waals surface area contributed by atoms with Crippen molar-refractivity contribution in [1.29, 1.82) is 0 Å². The minimum absolute atomic E-state index is 0.0497. The third kappa shape index (κ3) is 6.32. The van der Waals surface area contributed by atoms with Crippen molar-refractivity contribution in [3.8, 4) is 0 Å². The van der Waals surface area contributed by atoms with Crippen molar-refractivity contribution in [2.24, 2.45) is 0 Å². The van der Waals surface area contributed by atoms with Crippen LogP contribution in [0.15, 0.2) is 34.2 Å². The number of benzene rings is 1. The van der Waals surface area contributed by atoms with Crippen LogP contribution in [-0.4, -0.2) is 51.9 Å². The topological polar surface area (TPSA) is 64.4 Å². The molecule has 0 spiro atoms. The average Bonchev–Trinajstić information content (AvgIpc) is 2.70. The molecule has 1 fully saturated rings. The quantitative estimate of drug-likeness (QED) is 0.358. The first-order valence-electron chi connectivity index (χ1n) is 11.1. The van der Waals surface area contributed by atoms with Gasteiger partial charge in [-0.05, 0) is 45.2 Å². The standard InChI is InChI=1S/C23H33N3O3S/c1-18(2)29-16-10-15-26-22(28)19-11-6-7-12-20(19)24-23(26)30-17-21(27)25-13-8-4-3-5-9-14-25/h6-7,11-12,18H,3-5,8-10,13-17H2,1-2H3. The van der Waals surface area contributed by atoms with Crippen molar-refractivity contribution in [3.05, 3.63) is 34.6 Å². The molecule has 0 saturated carbocycles. The lowest BCUT2D eigenvalue weighted by molar-refractivity contribution is -0.128. The minimum atomic E-state index is -0.0497. The minimum Gasteiger partial charge on any atom is -0.379 e. The van der Waals surface area contributed by atoms with Gasteiger partial charge in [-0.25, -0.2) is 4.98 Å². The summed E-state index contributed by atoms with van der Waals surface area (Å²) in [7, 11) is 0. The maximum absolute atomic E-state index is 13.1. The highest BCUT2D eigenvalue weighted by atomic mass is 32.2. The van der Waals surface area contributed by atoms with Crippen molar-refractivity contribution in [1.82, 2.24) is 14.5 Å². The Balaban J connectivity index is 1.74. The van der Waals surface area contributed by atoms with Crippen molar-refractivity contribution in [2.75, 3.05) is 25.4 Å². The van der Waals surface area contributed by atoms with E-state index in [1.54, 1.807) is 4.57 Å². The van der Waals surface area contributed by atoms with Crippen molar-refractivity contribution < 1.29 is 9.53 Å². The van der Waals surface area contributed by atoms with E-state index in [9.17, 15) is 9.59 Å². The summed E-state index contributed by atoms with van der Waals surface area (Å²) in [5.41, 5.74) is 0.629. The molecule has 6 nitrogen and oxygen atoms in total. The predicted molar refractivity (Wildman–Crippen MR) is 122 cm³/mol. The summed E-state index contributed by atoms with van der Waals surface area (Å²) in [5, 5.41) is 1.23. The van der Waals surface area contributed by atoms with E-state index in [-0.39, 0.29) is 17.6 Å². The highest BCUT2D eigenvalue weighted by Crippen LogP contribution is 2.20. The van der Waals surface area contributed by atoms with Crippen LogP contribution in [0.3, 0.4) is 0 Å². The molecule has 1 saturated heterocycles. The fourth-order valence-electron chi connectivity index (χ4n) is 3.71. The molecule has 0 atom stereocenters. The Morgan fingerprint density at radius 2 is 1.83 bits per heavy atom. The number of ether oxygens (including phenoxy) is 1. The Kier molecular flexibility index (Phi) is 8.75. The molecule has 1 aliphatic heterocycles. The van der Waals surface area contributed by atoms with E-state index in [1.807, 2.05) is 43.0 Å². The average molecular weight is 432 g/mol. The van der Waals surface area contributed by atoms with E-state index in [4.69, 9.17) is 9.72 Å². The highest BCUT2D eigenvalue weighted by Gasteiger charge is 2.18. The molecule has 30 heavy (non-hydrogen) atoms. The smallest absolute Gasteiger partial charge is 0.262 e. The van der Waals surface area contributed by atoms with Gasteiger partial charge in [0.05, 0.1) is 22.8 Å². The second-order valence-electron chi connectivity index (χ2n) is 8.08. The molecular weight excluding hydrogens is 398 g/mol. The fraction of sp³-hybridized carbons (Fsp3) is 0.609. The van der Waals surface area contributed by atoms with Crippen LogP contribution in [0.5, 0.6) is 0 Å². The van der Waals surface area contributed by atoms with Gasteiger partial charge in [0.1, 0.15) is 0 Å². The number of hydrogen-bond donors (Lipinski definition) is 0. The summed E-state index contributed by atoms with van der Waals surface area (Å²) < 4.78 is 7.33. The summed E-state index contributed by atoms with van der Waals surface area (Å²) >= 11 is 1.37. The van der Waals surface area contributed by atoms with Gasteiger partial charge in [0.2, 0.25) is 5.91 Å². The van der Waals surface area contributed by atoms with Crippen molar-refractivity contribution in [2.45, 2.75) is 70.2 Å². The molecule has 2 heterocycles. The molecule has 3 rings (SSSR count). The number of para-hydroxylation sites is 1. The summed E-state index contributed by atoms with van der Waals surface area (Å²) in [6, 6.07) is 7.41. The van der Waals surface area contributed by atoms with Gasteiger partial charge in [0.25, 0.3) is 5.56 Å². The second kappa shape index (κ2) is 11.5. The number of aromatic nitrogens is 2. The number of hydrogen-bond acceptors (Lipinski definition) is 5. The van der Waals surface area contributed by atoms with Crippen LogP contribution in [0.2, 0.25) is 0 Å². The Morgan fingerprint density at radius 1 is 1.13 bits per heavy atom. The molecule has 0 aliphatic carbocycles. The lowest BCUT2D eigenvalue weighted by Crippen LogP contribution is -2.35. The van der Waals surface area contributed by atoms with E-state index in [0.29, 0.717) is 35.0 Å². The molecule has 0 radical (unpaired) electrons. The molecule has 1 aromatic carbocycles. The number of carbonyl (C=O) groups is 1. The lowest BCUT2D eigenvalue weighted by atomic mass is 10.1. The molecule has 0 N–H and O–H groups in total. The van der Waals surface area contributed by atoms with Gasteiger partial charge in [0, 0.05) is 26.2 Å². The van der Waals surface area contributed by atoms with Crippen molar-refractivity contribution >= 4 is 28.6 Å². The molecule has 0 bridgehead atoms. The van der Waals surface area contributed by atoms with Crippen LogP contribution in [0, 0.1) is 0 Å². The van der Waals surface area contributed by atoms with E-state index in [0.717, 1.165) is 32.4 Å². The maximum atomic E-state index is 13.1. The maximum Gasteiger partial charge on any atom is 0.262 e. The zero-order chi connectivity index (χ0) is 21.3. The van der Waals surface area contributed by atoms with Crippen LogP contribution in [0.1, 0.15) is 52.4 Å². The van der Waals surface area contributed by atoms with Crippen LogP contribution in [-0.2, 0) is 16.1 Å². The molecule has 7 heteroatoms. The van der Waals surface area contributed by atoms with Crippen LogP contribution in [0.4, 0.5) is 0 Å². The summed E-state index contributed by atoms with van der Waals surface area (Å²) in [4.78, 5) is 32.6. The SMILES string of the molecule is CC(C)OCCCn1c(SCC(=O)N2CCCCCCC2)nc2ccccc2c1=O. The van der Waals surface area contributed by atoms with E-state index >= 15 is 0 Å². The third-order valence-electron chi connectivity index (χ3n) is 5.34.